The van der Waals surface area contributed by atoms with E-state index in [2.05, 4.69) is 6.92 Å². The van der Waals surface area contributed by atoms with Gasteiger partial charge in [0.15, 0.2) is 0 Å². The average Bonchev–Trinajstić information content (AvgIpc) is 2.96. The smallest absolute Gasteiger partial charge is 0.262 e. The standard InChI is InChI=1S/C31H41ClN2O6S2/c1-3-5-6-7-8-9-10-11-12-15-22-41(37,38)33-42(39,40)25-20-18-24(19-21-25)34(4-2)31(36)28-23-29(32)26-16-13-14-17-27(26)30(28)35/h13-14,16-21,23,33,35H,3-12,15,22H2,1-2H3. The number of hydrogen-bond acceptors (Lipinski definition) is 6. The number of rotatable bonds is 17. The lowest BCUT2D eigenvalue weighted by Crippen LogP contribution is -2.33. The summed E-state index contributed by atoms with van der Waals surface area (Å²) >= 11 is 6.37. The molecule has 0 atom stereocenters. The number of nitrogens with zero attached hydrogens (tertiary/aromatic N) is 1. The molecule has 230 valence electrons. The average molecular weight is 637 g/mol. The molecule has 42 heavy (non-hydrogen) atoms. The van der Waals surface area contributed by atoms with E-state index in [1.807, 2.05) is 4.13 Å². The molecule has 0 heterocycles. The van der Waals surface area contributed by atoms with Crippen LogP contribution in [0.1, 0.15) is 88.4 Å². The van der Waals surface area contributed by atoms with Crippen molar-refractivity contribution < 1.29 is 26.7 Å². The van der Waals surface area contributed by atoms with E-state index in [9.17, 15) is 26.7 Å². The van der Waals surface area contributed by atoms with Crippen LogP contribution in [-0.2, 0) is 20.0 Å². The lowest BCUT2D eigenvalue weighted by atomic mass is 10.0. The van der Waals surface area contributed by atoms with E-state index in [0.717, 1.165) is 25.7 Å². The molecule has 11 heteroatoms. The van der Waals surface area contributed by atoms with E-state index >= 15 is 0 Å². The Hall–Kier alpha value is -2.66. The summed E-state index contributed by atoms with van der Waals surface area (Å²) in [5.74, 6) is -0.985. The van der Waals surface area contributed by atoms with Gasteiger partial charge in [-0.1, -0.05) is 101 Å². The Morgan fingerprint density at radius 2 is 1.36 bits per heavy atom. The summed E-state index contributed by atoms with van der Waals surface area (Å²) < 4.78 is 52.5. The largest absolute Gasteiger partial charge is 0.506 e. The Morgan fingerprint density at radius 1 is 0.810 bits per heavy atom. The molecule has 0 saturated carbocycles. The van der Waals surface area contributed by atoms with Gasteiger partial charge in [-0.15, -0.1) is 4.13 Å². The molecule has 0 aromatic heterocycles. The number of hydrogen-bond donors (Lipinski definition) is 2. The first-order valence-corrected chi connectivity index (χ1v) is 18.1. The number of halogens is 1. The van der Waals surface area contributed by atoms with Crippen LogP contribution in [0.5, 0.6) is 5.75 Å². The number of sulfonamides is 2. The van der Waals surface area contributed by atoms with E-state index in [0.29, 0.717) is 27.9 Å². The molecule has 0 fully saturated rings. The van der Waals surface area contributed by atoms with Crippen LogP contribution < -0.4 is 9.03 Å². The van der Waals surface area contributed by atoms with Gasteiger partial charge in [0.2, 0.25) is 10.0 Å². The maximum Gasteiger partial charge on any atom is 0.262 e. The second kappa shape index (κ2) is 15.7. The fraction of sp³-hybridized carbons (Fsp3) is 0.452. The number of fused-ring (bicyclic) bond motifs is 1. The van der Waals surface area contributed by atoms with Crippen molar-refractivity contribution in [3.8, 4) is 5.75 Å². The maximum atomic E-state index is 13.4. The monoisotopic (exact) mass is 636 g/mol. The van der Waals surface area contributed by atoms with Gasteiger partial charge in [-0.25, -0.2) is 16.8 Å². The first kappa shape index (κ1) is 33.8. The van der Waals surface area contributed by atoms with Crippen LogP contribution in [0.15, 0.2) is 59.5 Å². The van der Waals surface area contributed by atoms with Gasteiger partial charge in [0.05, 0.1) is 16.2 Å². The number of unbranched alkanes of at least 4 members (excludes halogenated alkanes) is 9. The minimum Gasteiger partial charge on any atom is -0.506 e. The molecule has 3 aromatic rings. The second-order valence-electron chi connectivity index (χ2n) is 10.4. The molecule has 0 bridgehead atoms. The van der Waals surface area contributed by atoms with E-state index in [1.165, 1.54) is 67.3 Å². The first-order chi connectivity index (χ1) is 20.0. The van der Waals surface area contributed by atoms with Gasteiger partial charge in [0.1, 0.15) is 5.75 Å². The Labute approximate surface area is 255 Å². The summed E-state index contributed by atoms with van der Waals surface area (Å²) in [5, 5.41) is 12.2. The predicted octanol–water partition coefficient (Wildman–Crippen LogP) is 7.39. The van der Waals surface area contributed by atoms with E-state index < -0.39 is 26.0 Å². The van der Waals surface area contributed by atoms with Gasteiger partial charge >= 0.3 is 0 Å². The van der Waals surface area contributed by atoms with Gasteiger partial charge in [0, 0.05) is 28.0 Å². The summed E-state index contributed by atoms with van der Waals surface area (Å²) in [6.45, 7) is 4.15. The third-order valence-electron chi connectivity index (χ3n) is 7.22. The summed E-state index contributed by atoms with van der Waals surface area (Å²) in [4.78, 5) is 14.5. The minimum absolute atomic E-state index is 0.0111. The van der Waals surface area contributed by atoms with Crippen molar-refractivity contribution in [2.24, 2.45) is 0 Å². The number of aromatic hydroxyl groups is 1. The van der Waals surface area contributed by atoms with E-state index in [1.54, 1.807) is 31.2 Å². The highest BCUT2D eigenvalue weighted by atomic mass is 35.5. The van der Waals surface area contributed by atoms with Crippen molar-refractivity contribution in [1.29, 1.82) is 0 Å². The second-order valence-corrected chi connectivity index (χ2v) is 14.6. The molecule has 8 nitrogen and oxygen atoms in total. The number of phenols is 1. The van der Waals surface area contributed by atoms with Gasteiger partial charge in [-0.05, 0) is 43.7 Å². The SMILES string of the molecule is CCCCCCCCCCCCS(=O)(=O)NS(=O)(=O)c1ccc(N(CC)C(=O)c2cc(Cl)c3ccccc3c2O)cc1. The summed E-state index contributed by atoms with van der Waals surface area (Å²) in [5.41, 5.74) is 0.385. The number of carbonyl (C=O) groups excluding carboxylic acids is 1. The highest BCUT2D eigenvalue weighted by Gasteiger charge is 2.25. The Morgan fingerprint density at radius 3 is 1.93 bits per heavy atom. The summed E-state index contributed by atoms with van der Waals surface area (Å²) in [6, 6.07) is 13.7. The van der Waals surface area contributed by atoms with E-state index in [4.69, 9.17) is 11.6 Å². The molecule has 0 aliphatic rings. The third kappa shape index (κ3) is 9.17. The van der Waals surface area contributed by atoms with Crippen LogP contribution in [0.4, 0.5) is 5.69 Å². The van der Waals surface area contributed by atoms with Gasteiger partial charge < -0.3 is 10.0 Å². The van der Waals surface area contributed by atoms with Crippen LogP contribution >= 0.6 is 11.6 Å². The van der Waals surface area contributed by atoms with Crippen molar-refractivity contribution in [1.82, 2.24) is 4.13 Å². The highest BCUT2D eigenvalue weighted by Crippen LogP contribution is 2.35. The number of anilines is 1. The Kier molecular flexibility index (Phi) is 12.7. The molecule has 3 aromatic carbocycles. The Bertz CT molecular complexity index is 1560. The minimum atomic E-state index is -4.34. The van der Waals surface area contributed by atoms with Crippen molar-refractivity contribution in [2.45, 2.75) is 83.0 Å². The van der Waals surface area contributed by atoms with Crippen molar-refractivity contribution in [3.05, 3.63) is 65.2 Å². The van der Waals surface area contributed by atoms with Gasteiger partial charge in [-0.2, -0.15) is 0 Å². The molecule has 0 radical (unpaired) electrons. The zero-order valence-corrected chi connectivity index (χ0v) is 26.7. The fourth-order valence-corrected chi connectivity index (χ4v) is 8.32. The van der Waals surface area contributed by atoms with Crippen LogP contribution in [0.2, 0.25) is 5.02 Å². The zero-order valence-electron chi connectivity index (χ0n) is 24.3. The number of nitrogens with one attached hydrogen (secondary N) is 1. The molecule has 2 N–H and O–H groups in total. The molecule has 1 amide bonds. The number of amides is 1. The normalized spacial score (nSPS) is 12.1. The lowest BCUT2D eigenvalue weighted by Gasteiger charge is -2.22. The molecule has 0 spiro atoms. The van der Waals surface area contributed by atoms with Crippen LogP contribution in [0, 0.1) is 0 Å². The first-order valence-electron chi connectivity index (χ1n) is 14.6. The van der Waals surface area contributed by atoms with Crippen LogP contribution in [0.3, 0.4) is 0 Å². The van der Waals surface area contributed by atoms with Crippen molar-refractivity contribution in [2.75, 3.05) is 17.2 Å². The maximum absolute atomic E-state index is 13.4. The lowest BCUT2D eigenvalue weighted by molar-refractivity contribution is 0.0986. The van der Waals surface area contributed by atoms with E-state index in [-0.39, 0.29) is 28.5 Å². The molecule has 0 saturated heterocycles. The summed E-state index contributed by atoms with van der Waals surface area (Å²) in [6.07, 6.45) is 10.4. The summed E-state index contributed by atoms with van der Waals surface area (Å²) in [7, 11) is -8.38. The molecule has 0 unspecified atom stereocenters. The Balaban J connectivity index is 1.60. The van der Waals surface area contributed by atoms with Crippen LogP contribution in [-0.4, -0.2) is 40.1 Å². The number of benzene rings is 3. The fourth-order valence-electron chi connectivity index (χ4n) is 4.91. The topological polar surface area (TPSA) is 121 Å². The predicted molar refractivity (Wildman–Crippen MR) is 170 cm³/mol. The highest BCUT2D eigenvalue weighted by molar-refractivity contribution is 8.04. The molecular formula is C31H41ClN2O6S2. The van der Waals surface area contributed by atoms with Crippen molar-refractivity contribution in [3.63, 3.8) is 0 Å². The van der Waals surface area contributed by atoms with Gasteiger partial charge in [0.25, 0.3) is 15.9 Å². The zero-order chi connectivity index (χ0) is 30.8. The van der Waals surface area contributed by atoms with Gasteiger partial charge in [-0.3, -0.25) is 4.79 Å². The molecular weight excluding hydrogens is 596 g/mol. The third-order valence-corrected chi connectivity index (χ3v) is 11.1. The number of carbonyl (C=O) groups is 1. The molecule has 3 rings (SSSR count). The number of phenolic OH excluding ortho intramolecular Hbond substituents is 1. The molecule has 0 aliphatic carbocycles. The van der Waals surface area contributed by atoms with Crippen LogP contribution in [0.25, 0.3) is 10.8 Å². The molecule has 0 aliphatic heterocycles. The quantitative estimate of drug-likeness (QED) is 0.149. The van der Waals surface area contributed by atoms with Crippen molar-refractivity contribution >= 4 is 54.0 Å².